The number of carbonyl (C=O) groups excluding carboxylic acids is 1. The van der Waals surface area contributed by atoms with E-state index in [4.69, 9.17) is 0 Å². The lowest BCUT2D eigenvalue weighted by molar-refractivity contribution is -0.120. The number of para-hydroxylation sites is 1. The molecule has 0 bridgehead atoms. The molecule has 0 fully saturated rings. The first-order chi connectivity index (χ1) is 9.65. The highest BCUT2D eigenvalue weighted by atomic mass is 16.1. The van der Waals surface area contributed by atoms with E-state index in [1.807, 2.05) is 49.4 Å². The van der Waals surface area contributed by atoms with Crippen molar-refractivity contribution in [1.29, 1.82) is 0 Å². The summed E-state index contributed by atoms with van der Waals surface area (Å²) in [6.45, 7) is 4.32. The molecule has 0 aliphatic heterocycles. The topological polar surface area (TPSA) is 41.1 Å². The normalized spacial score (nSPS) is 11.7. The number of anilines is 1. The van der Waals surface area contributed by atoms with Crippen LogP contribution >= 0.6 is 0 Å². The van der Waals surface area contributed by atoms with Crippen molar-refractivity contribution >= 4 is 11.6 Å². The average molecular weight is 268 g/mol. The zero-order valence-corrected chi connectivity index (χ0v) is 11.9. The van der Waals surface area contributed by atoms with Crippen molar-refractivity contribution in [3.63, 3.8) is 0 Å². The van der Waals surface area contributed by atoms with Gasteiger partial charge in [-0.05, 0) is 31.5 Å². The summed E-state index contributed by atoms with van der Waals surface area (Å²) in [7, 11) is 0. The lowest BCUT2D eigenvalue weighted by atomic mass is 10.1. The monoisotopic (exact) mass is 268 g/mol. The predicted molar refractivity (Wildman–Crippen MR) is 82.7 cm³/mol. The van der Waals surface area contributed by atoms with E-state index < -0.39 is 0 Å². The first kappa shape index (κ1) is 14.1. The molecule has 0 radical (unpaired) electrons. The Morgan fingerprint density at radius 3 is 2.35 bits per heavy atom. The smallest absolute Gasteiger partial charge is 0.239 e. The van der Waals surface area contributed by atoms with Crippen molar-refractivity contribution in [3.8, 4) is 0 Å². The van der Waals surface area contributed by atoms with Gasteiger partial charge in [-0.25, -0.2) is 0 Å². The summed E-state index contributed by atoms with van der Waals surface area (Å²) in [6, 6.07) is 17.9. The van der Waals surface area contributed by atoms with E-state index in [0.717, 1.165) is 11.3 Å². The number of hydrogen-bond acceptors (Lipinski definition) is 2. The molecule has 2 aromatic rings. The van der Waals surface area contributed by atoms with Crippen LogP contribution in [0, 0.1) is 6.92 Å². The lowest BCUT2D eigenvalue weighted by Crippen LogP contribution is -2.32. The standard InChI is InChI=1S/C17H20N2O/c1-13-8-10-15(11-9-13)14(2)19-17(20)12-18-16-6-4-3-5-7-16/h3-11,14,18H,12H2,1-2H3,(H,19,20)/t14-/m1/s1. The Kier molecular flexibility index (Phi) is 4.77. The summed E-state index contributed by atoms with van der Waals surface area (Å²) < 4.78 is 0. The molecule has 2 N–H and O–H groups in total. The maximum absolute atomic E-state index is 11.9. The Morgan fingerprint density at radius 2 is 1.70 bits per heavy atom. The van der Waals surface area contributed by atoms with Crippen molar-refractivity contribution in [1.82, 2.24) is 5.32 Å². The van der Waals surface area contributed by atoms with Crippen LogP contribution < -0.4 is 10.6 Å². The molecular formula is C17H20N2O. The van der Waals surface area contributed by atoms with E-state index in [2.05, 4.69) is 29.7 Å². The lowest BCUT2D eigenvalue weighted by Gasteiger charge is -2.15. The highest BCUT2D eigenvalue weighted by molar-refractivity contribution is 5.81. The average Bonchev–Trinajstić information content (AvgIpc) is 2.47. The summed E-state index contributed by atoms with van der Waals surface area (Å²) in [6.07, 6.45) is 0. The van der Waals surface area contributed by atoms with Crippen LogP contribution in [-0.2, 0) is 4.79 Å². The molecule has 20 heavy (non-hydrogen) atoms. The molecular weight excluding hydrogens is 248 g/mol. The number of hydrogen-bond donors (Lipinski definition) is 2. The quantitative estimate of drug-likeness (QED) is 0.873. The third kappa shape index (κ3) is 4.12. The Labute approximate surface area is 120 Å². The minimum absolute atomic E-state index is 0.0121. The molecule has 0 aliphatic carbocycles. The van der Waals surface area contributed by atoms with Gasteiger partial charge >= 0.3 is 0 Å². The second-order valence-corrected chi connectivity index (χ2v) is 4.92. The molecule has 1 atom stereocenters. The number of aryl methyl sites for hydroxylation is 1. The van der Waals surface area contributed by atoms with Crippen LogP contribution in [0.15, 0.2) is 54.6 Å². The van der Waals surface area contributed by atoms with Gasteiger partial charge < -0.3 is 10.6 Å². The first-order valence-corrected chi connectivity index (χ1v) is 6.80. The Hall–Kier alpha value is -2.29. The number of benzene rings is 2. The van der Waals surface area contributed by atoms with Crippen molar-refractivity contribution in [3.05, 3.63) is 65.7 Å². The molecule has 0 unspecified atom stereocenters. The fourth-order valence-electron chi connectivity index (χ4n) is 1.97. The van der Waals surface area contributed by atoms with Crippen LogP contribution in [0.25, 0.3) is 0 Å². The summed E-state index contributed by atoms with van der Waals surface area (Å²) >= 11 is 0. The van der Waals surface area contributed by atoms with Crippen LogP contribution in [0.1, 0.15) is 24.1 Å². The van der Waals surface area contributed by atoms with Crippen LogP contribution in [-0.4, -0.2) is 12.5 Å². The fourth-order valence-corrected chi connectivity index (χ4v) is 1.97. The second-order valence-electron chi connectivity index (χ2n) is 4.92. The van der Waals surface area contributed by atoms with E-state index in [0.29, 0.717) is 0 Å². The summed E-state index contributed by atoms with van der Waals surface area (Å²) in [5.41, 5.74) is 3.28. The Bertz CT molecular complexity index is 549. The molecule has 0 aromatic heterocycles. The molecule has 0 saturated heterocycles. The van der Waals surface area contributed by atoms with Gasteiger partial charge in [-0.3, -0.25) is 4.79 Å². The summed E-state index contributed by atoms with van der Waals surface area (Å²) in [5.74, 6) is -0.0121. The zero-order chi connectivity index (χ0) is 14.4. The highest BCUT2D eigenvalue weighted by Gasteiger charge is 2.08. The van der Waals surface area contributed by atoms with Gasteiger partial charge in [0.1, 0.15) is 0 Å². The summed E-state index contributed by atoms with van der Waals surface area (Å²) in [5, 5.41) is 6.08. The minimum Gasteiger partial charge on any atom is -0.376 e. The van der Waals surface area contributed by atoms with Gasteiger partial charge in [0.05, 0.1) is 12.6 Å². The minimum atomic E-state index is -0.0121. The fraction of sp³-hybridized carbons (Fsp3) is 0.235. The molecule has 0 aliphatic rings. The number of carbonyl (C=O) groups is 1. The van der Waals surface area contributed by atoms with Gasteiger partial charge in [-0.2, -0.15) is 0 Å². The molecule has 1 amide bonds. The predicted octanol–water partition coefficient (Wildman–Crippen LogP) is 3.28. The molecule has 104 valence electrons. The number of rotatable bonds is 5. The number of amides is 1. The molecule has 3 nitrogen and oxygen atoms in total. The van der Waals surface area contributed by atoms with Gasteiger partial charge in [-0.1, -0.05) is 48.0 Å². The number of nitrogens with one attached hydrogen (secondary N) is 2. The molecule has 3 heteroatoms. The molecule has 0 heterocycles. The van der Waals surface area contributed by atoms with Crippen molar-refractivity contribution in [2.24, 2.45) is 0 Å². The SMILES string of the molecule is Cc1ccc([C@@H](C)NC(=O)CNc2ccccc2)cc1. The van der Waals surface area contributed by atoms with Crippen LogP contribution in [0.2, 0.25) is 0 Å². The third-order valence-electron chi connectivity index (χ3n) is 3.18. The van der Waals surface area contributed by atoms with Crippen molar-refractivity contribution < 1.29 is 4.79 Å². The molecule has 2 aromatic carbocycles. The molecule has 0 spiro atoms. The van der Waals surface area contributed by atoms with Crippen molar-refractivity contribution in [2.75, 3.05) is 11.9 Å². The maximum Gasteiger partial charge on any atom is 0.239 e. The zero-order valence-electron chi connectivity index (χ0n) is 11.9. The van der Waals surface area contributed by atoms with E-state index >= 15 is 0 Å². The molecule has 0 saturated carbocycles. The van der Waals surface area contributed by atoms with Crippen molar-refractivity contribution in [2.45, 2.75) is 19.9 Å². The summed E-state index contributed by atoms with van der Waals surface area (Å²) in [4.78, 5) is 11.9. The largest absolute Gasteiger partial charge is 0.376 e. The van der Waals surface area contributed by atoms with Gasteiger partial charge in [0.2, 0.25) is 5.91 Å². The maximum atomic E-state index is 11.9. The van der Waals surface area contributed by atoms with Gasteiger partial charge in [0.25, 0.3) is 0 Å². The van der Waals surface area contributed by atoms with E-state index in [9.17, 15) is 4.79 Å². The molecule has 2 rings (SSSR count). The third-order valence-corrected chi connectivity index (χ3v) is 3.18. The van der Waals surface area contributed by atoms with Crippen LogP contribution in [0.4, 0.5) is 5.69 Å². The van der Waals surface area contributed by atoms with Gasteiger partial charge in [0, 0.05) is 5.69 Å². The van der Waals surface area contributed by atoms with E-state index in [1.165, 1.54) is 5.56 Å². The second kappa shape index (κ2) is 6.75. The highest BCUT2D eigenvalue weighted by Crippen LogP contribution is 2.12. The van der Waals surface area contributed by atoms with Gasteiger partial charge in [-0.15, -0.1) is 0 Å². The Balaban J connectivity index is 1.83. The van der Waals surface area contributed by atoms with Crippen LogP contribution in [0.3, 0.4) is 0 Å². The van der Waals surface area contributed by atoms with E-state index in [1.54, 1.807) is 0 Å². The van der Waals surface area contributed by atoms with Gasteiger partial charge in [0.15, 0.2) is 0 Å². The van der Waals surface area contributed by atoms with Crippen LogP contribution in [0.5, 0.6) is 0 Å². The van der Waals surface area contributed by atoms with E-state index in [-0.39, 0.29) is 18.5 Å². The Morgan fingerprint density at radius 1 is 1.05 bits per heavy atom. The first-order valence-electron chi connectivity index (χ1n) is 6.80.